The van der Waals surface area contributed by atoms with Gasteiger partial charge in [-0.15, -0.1) is 0 Å². The lowest BCUT2D eigenvalue weighted by atomic mass is 9.97. The zero-order valence-corrected chi connectivity index (χ0v) is 12.3. The number of esters is 1. The minimum absolute atomic E-state index is 0.00426. The van der Waals surface area contributed by atoms with Crippen molar-refractivity contribution in [3.63, 3.8) is 0 Å². The molecule has 0 bridgehead atoms. The molecule has 0 amide bonds. The molecule has 1 unspecified atom stereocenters. The molecule has 0 saturated heterocycles. The van der Waals surface area contributed by atoms with E-state index in [9.17, 15) is 9.59 Å². The molecular weight excluding hydrogens is 244 g/mol. The van der Waals surface area contributed by atoms with E-state index in [1.54, 1.807) is 0 Å². The standard InChI is InChI=1S/C15H28O4/c1-3-5-6-7-8-9-10-13(15(17)18)12-14(16)19-11-4-2/h13H,3-12H2,1-2H3,(H,17,18). The lowest BCUT2D eigenvalue weighted by Crippen LogP contribution is -2.19. The van der Waals surface area contributed by atoms with Gasteiger partial charge in [-0.2, -0.15) is 0 Å². The average molecular weight is 272 g/mol. The van der Waals surface area contributed by atoms with E-state index < -0.39 is 11.9 Å². The van der Waals surface area contributed by atoms with Gasteiger partial charge in [-0.3, -0.25) is 9.59 Å². The number of hydrogen-bond acceptors (Lipinski definition) is 3. The Morgan fingerprint density at radius 2 is 1.63 bits per heavy atom. The van der Waals surface area contributed by atoms with Crippen LogP contribution in [0.5, 0.6) is 0 Å². The van der Waals surface area contributed by atoms with Crippen molar-refractivity contribution in [3.8, 4) is 0 Å². The summed E-state index contributed by atoms with van der Waals surface area (Å²) in [6.45, 7) is 4.46. The normalized spacial score (nSPS) is 12.1. The fourth-order valence-corrected chi connectivity index (χ4v) is 1.96. The zero-order valence-electron chi connectivity index (χ0n) is 12.3. The van der Waals surface area contributed by atoms with Crippen LogP contribution in [0.15, 0.2) is 0 Å². The van der Waals surface area contributed by atoms with E-state index in [2.05, 4.69) is 6.92 Å². The summed E-state index contributed by atoms with van der Waals surface area (Å²) in [6.07, 6.45) is 8.09. The molecule has 0 aromatic rings. The Labute approximate surface area is 116 Å². The molecule has 1 N–H and O–H groups in total. The second-order valence-corrected chi connectivity index (χ2v) is 5.02. The molecule has 0 heterocycles. The molecule has 4 nitrogen and oxygen atoms in total. The van der Waals surface area contributed by atoms with E-state index in [1.165, 1.54) is 19.3 Å². The van der Waals surface area contributed by atoms with Crippen molar-refractivity contribution in [1.29, 1.82) is 0 Å². The predicted octanol–water partition coefficient (Wildman–Crippen LogP) is 3.78. The predicted molar refractivity (Wildman–Crippen MR) is 75.0 cm³/mol. The van der Waals surface area contributed by atoms with E-state index in [4.69, 9.17) is 9.84 Å². The Hall–Kier alpha value is -1.06. The smallest absolute Gasteiger partial charge is 0.307 e. The van der Waals surface area contributed by atoms with E-state index in [0.717, 1.165) is 25.7 Å². The van der Waals surface area contributed by atoms with Gasteiger partial charge in [0.1, 0.15) is 0 Å². The molecule has 0 saturated carbocycles. The van der Waals surface area contributed by atoms with Gasteiger partial charge in [0, 0.05) is 0 Å². The molecule has 19 heavy (non-hydrogen) atoms. The van der Waals surface area contributed by atoms with E-state index in [0.29, 0.717) is 13.0 Å². The monoisotopic (exact) mass is 272 g/mol. The summed E-state index contributed by atoms with van der Waals surface area (Å²) in [5, 5.41) is 9.08. The number of carbonyl (C=O) groups is 2. The largest absolute Gasteiger partial charge is 0.481 e. The van der Waals surface area contributed by atoms with Crippen molar-refractivity contribution in [1.82, 2.24) is 0 Å². The molecule has 4 heteroatoms. The fourth-order valence-electron chi connectivity index (χ4n) is 1.96. The molecule has 0 rings (SSSR count). The van der Waals surface area contributed by atoms with Crippen molar-refractivity contribution in [2.24, 2.45) is 5.92 Å². The van der Waals surface area contributed by atoms with Gasteiger partial charge >= 0.3 is 11.9 Å². The summed E-state index contributed by atoms with van der Waals surface area (Å²) < 4.78 is 4.93. The third-order valence-electron chi connectivity index (χ3n) is 3.14. The number of hydrogen-bond donors (Lipinski definition) is 1. The second-order valence-electron chi connectivity index (χ2n) is 5.02. The number of carboxylic acids is 1. The highest BCUT2D eigenvalue weighted by molar-refractivity contribution is 5.78. The van der Waals surface area contributed by atoms with Crippen molar-refractivity contribution in [3.05, 3.63) is 0 Å². The zero-order chi connectivity index (χ0) is 14.5. The Bertz CT molecular complexity index is 251. The Morgan fingerprint density at radius 1 is 1.00 bits per heavy atom. The van der Waals surface area contributed by atoms with E-state index >= 15 is 0 Å². The van der Waals surface area contributed by atoms with Gasteiger partial charge in [0.25, 0.3) is 0 Å². The molecule has 0 radical (unpaired) electrons. The van der Waals surface area contributed by atoms with Crippen molar-refractivity contribution < 1.29 is 19.4 Å². The van der Waals surface area contributed by atoms with E-state index in [-0.39, 0.29) is 12.4 Å². The van der Waals surface area contributed by atoms with Gasteiger partial charge in [-0.25, -0.2) is 0 Å². The number of rotatable bonds is 12. The number of ether oxygens (including phenoxy) is 1. The van der Waals surface area contributed by atoms with Crippen LogP contribution in [-0.2, 0) is 14.3 Å². The molecule has 112 valence electrons. The highest BCUT2D eigenvalue weighted by Crippen LogP contribution is 2.16. The molecule has 0 aliphatic heterocycles. The molecule has 0 fully saturated rings. The number of unbranched alkanes of at least 4 members (excludes halogenated alkanes) is 5. The molecule has 1 atom stereocenters. The summed E-state index contributed by atoms with van der Waals surface area (Å²) in [6, 6.07) is 0. The van der Waals surface area contributed by atoms with Crippen LogP contribution in [0.25, 0.3) is 0 Å². The van der Waals surface area contributed by atoms with Gasteiger partial charge in [0.2, 0.25) is 0 Å². The van der Waals surface area contributed by atoms with Crippen LogP contribution in [0.1, 0.15) is 71.6 Å². The first-order valence-electron chi connectivity index (χ1n) is 7.50. The van der Waals surface area contributed by atoms with Gasteiger partial charge < -0.3 is 9.84 Å². The van der Waals surface area contributed by atoms with Crippen LogP contribution in [-0.4, -0.2) is 23.7 Å². The first-order chi connectivity index (χ1) is 9.11. The van der Waals surface area contributed by atoms with Crippen LogP contribution < -0.4 is 0 Å². The second kappa shape index (κ2) is 12.0. The lowest BCUT2D eigenvalue weighted by Gasteiger charge is -2.11. The number of carbonyl (C=O) groups excluding carboxylic acids is 1. The summed E-state index contributed by atoms with van der Waals surface area (Å²) in [7, 11) is 0. The maximum absolute atomic E-state index is 11.4. The quantitative estimate of drug-likeness (QED) is 0.434. The van der Waals surface area contributed by atoms with Crippen molar-refractivity contribution in [2.45, 2.75) is 71.6 Å². The summed E-state index contributed by atoms with van der Waals surface area (Å²) in [5.74, 6) is -1.86. The Morgan fingerprint density at radius 3 is 2.21 bits per heavy atom. The molecule has 0 aromatic heterocycles. The van der Waals surface area contributed by atoms with Crippen LogP contribution in [0.4, 0.5) is 0 Å². The summed E-state index contributed by atoms with van der Waals surface area (Å²) in [4.78, 5) is 22.5. The topological polar surface area (TPSA) is 63.6 Å². The minimum Gasteiger partial charge on any atom is -0.481 e. The summed E-state index contributed by atoms with van der Waals surface area (Å²) >= 11 is 0. The van der Waals surface area contributed by atoms with Gasteiger partial charge in [0.15, 0.2) is 0 Å². The molecule has 0 aliphatic rings. The molecule has 0 aromatic carbocycles. The maximum Gasteiger partial charge on any atom is 0.307 e. The molecule has 0 spiro atoms. The van der Waals surface area contributed by atoms with Crippen LogP contribution in [0.2, 0.25) is 0 Å². The molecule has 0 aliphatic carbocycles. The first-order valence-corrected chi connectivity index (χ1v) is 7.50. The Kier molecular flexibility index (Phi) is 11.3. The Balaban J connectivity index is 3.80. The number of aliphatic carboxylic acids is 1. The highest BCUT2D eigenvalue weighted by Gasteiger charge is 2.21. The van der Waals surface area contributed by atoms with Crippen molar-refractivity contribution >= 4 is 11.9 Å². The summed E-state index contributed by atoms with van der Waals surface area (Å²) in [5.41, 5.74) is 0. The lowest BCUT2D eigenvalue weighted by molar-refractivity contribution is -0.151. The third-order valence-corrected chi connectivity index (χ3v) is 3.14. The van der Waals surface area contributed by atoms with Gasteiger partial charge in [-0.05, 0) is 12.8 Å². The first kappa shape index (κ1) is 17.9. The average Bonchev–Trinajstić information content (AvgIpc) is 2.38. The van der Waals surface area contributed by atoms with Crippen LogP contribution >= 0.6 is 0 Å². The van der Waals surface area contributed by atoms with Gasteiger partial charge in [-0.1, -0.05) is 52.4 Å². The fraction of sp³-hybridized carbons (Fsp3) is 0.867. The van der Waals surface area contributed by atoms with Crippen molar-refractivity contribution in [2.75, 3.05) is 6.61 Å². The van der Waals surface area contributed by atoms with Gasteiger partial charge in [0.05, 0.1) is 18.9 Å². The van der Waals surface area contributed by atoms with Crippen LogP contribution in [0.3, 0.4) is 0 Å². The highest BCUT2D eigenvalue weighted by atomic mass is 16.5. The third kappa shape index (κ3) is 10.5. The minimum atomic E-state index is -0.887. The van der Waals surface area contributed by atoms with E-state index in [1.807, 2.05) is 6.92 Å². The number of carboxylic acid groups (broad SMARTS) is 1. The maximum atomic E-state index is 11.4. The van der Waals surface area contributed by atoms with Crippen LogP contribution in [0, 0.1) is 5.92 Å². The molecular formula is C15H28O4. The SMILES string of the molecule is CCCCCCCCC(CC(=O)OCCC)C(=O)O.